The molecule has 2 aromatic rings. The molecule has 2 rings (SSSR count). The predicted molar refractivity (Wildman–Crippen MR) is 186 cm³/mol. The summed E-state index contributed by atoms with van der Waals surface area (Å²) in [6.07, 6.45) is 36.2. The molecule has 0 fully saturated rings. The molecule has 0 N–H and O–H groups in total. The van der Waals surface area contributed by atoms with Crippen LogP contribution in [0.2, 0.25) is 0 Å². The average Bonchev–Trinajstić information content (AvgIpc) is 2.99. The van der Waals surface area contributed by atoms with Crippen LogP contribution < -0.4 is 0 Å². The highest BCUT2D eigenvalue weighted by atomic mass is 14.8. The average molecular weight is 553 g/mol. The van der Waals surface area contributed by atoms with Crippen molar-refractivity contribution in [3.63, 3.8) is 0 Å². The van der Waals surface area contributed by atoms with E-state index in [-0.39, 0.29) is 0 Å². The van der Waals surface area contributed by atoms with Gasteiger partial charge in [-0.2, -0.15) is 0 Å². The summed E-state index contributed by atoms with van der Waals surface area (Å²) in [5, 5.41) is 0. The molecule has 222 valence electrons. The van der Waals surface area contributed by atoms with Crippen LogP contribution in [0.15, 0.2) is 82.8 Å². The van der Waals surface area contributed by atoms with Crippen molar-refractivity contribution < 1.29 is 0 Å². The highest BCUT2D eigenvalue weighted by Crippen LogP contribution is 2.19. The number of hydrogen-bond donors (Lipinski definition) is 0. The largest absolute Gasteiger partial charge is 0.255 e. The van der Waals surface area contributed by atoms with Gasteiger partial charge in [0.15, 0.2) is 0 Å². The molecule has 2 heteroatoms. The molecule has 0 aliphatic rings. The maximum absolute atomic E-state index is 4.87. The molecule has 2 aromatic carbocycles. The first-order valence-electron chi connectivity index (χ1n) is 16.5. The Balaban J connectivity index is 1.87. The van der Waals surface area contributed by atoms with Gasteiger partial charge in [0, 0.05) is 0 Å². The molecule has 0 saturated heterocycles. The summed E-state index contributed by atoms with van der Waals surface area (Å²) in [6.45, 7) is 6.57. The Morgan fingerprint density at radius 2 is 1.10 bits per heavy atom. The molecule has 0 spiro atoms. The summed E-state index contributed by atoms with van der Waals surface area (Å²) < 4.78 is 0. The van der Waals surface area contributed by atoms with Gasteiger partial charge in [0.2, 0.25) is 0 Å². The lowest BCUT2D eigenvalue weighted by atomic mass is 10.1. The second kappa shape index (κ2) is 23.7. The maximum atomic E-state index is 4.87. The van der Waals surface area contributed by atoms with Gasteiger partial charge in [0.25, 0.3) is 0 Å². The van der Waals surface area contributed by atoms with E-state index in [4.69, 9.17) is 9.98 Å². The van der Waals surface area contributed by atoms with Crippen molar-refractivity contribution >= 4 is 35.5 Å². The van der Waals surface area contributed by atoms with Crippen LogP contribution in [0.25, 0.3) is 12.2 Å². The highest BCUT2D eigenvalue weighted by Gasteiger charge is 1.97. The van der Waals surface area contributed by atoms with Crippen molar-refractivity contribution in [2.45, 2.75) is 124 Å². The van der Waals surface area contributed by atoms with Gasteiger partial charge in [-0.15, -0.1) is 0 Å². The molecular weight excluding hydrogens is 496 g/mol. The molecule has 0 aliphatic heterocycles. The lowest BCUT2D eigenvalue weighted by molar-refractivity contribution is 0.592. The van der Waals surface area contributed by atoms with E-state index in [1.807, 2.05) is 31.4 Å². The Kier molecular flexibility index (Phi) is 19.8. The fourth-order valence-corrected chi connectivity index (χ4v) is 4.85. The van der Waals surface area contributed by atoms with Crippen LogP contribution in [0.3, 0.4) is 0 Å². The lowest BCUT2D eigenvalue weighted by Gasteiger charge is -2.01. The van der Waals surface area contributed by atoms with Crippen LogP contribution in [0, 0.1) is 0 Å². The molecule has 41 heavy (non-hydrogen) atoms. The van der Waals surface area contributed by atoms with E-state index in [1.165, 1.54) is 101 Å². The van der Waals surface area contributed by atoms with Crippen molar-refractivity contribution in [1.82, 2.24) is 0 Å². The van der Waals surface area contributed by atoms with E-state index in [1.54, 1.807) is 0 Å². The van der Waals surface area contributed by atoms with Crippen molar-refractivity contribution in [3.05, 3.63) is 84.0 Å². The zero-order valence-corrected chi connectivity index (χ0v) is 26.4. The standard InChI is InChI=1S/C39H56N2/c1-4-7-9-11-13-15-17-19-21-26-35-28-23-30-37(32-35)40-34-39(25-6-3)41-38-31-24-29-36(33-38)27-22-20-18-16-14-12-10-8-5-2/h6,21-34H,4-5,7-20H2,1-3H3. The number of benzene rings is 2. The first kappa shape index (κ1) is 34.2. The van der Waals surface area contributed by atoms with Crippen LogP contribution in [-0.2, 0) is 0 Å². The maximum Gasteiger partial charge on any atom is 0.0816 e. The molecule has 0 saturated carbocycles. The summed E-state index contributed by atoms with van der Waals surface area (Å²) >= 11 is 0. The van der Waals surface area contributed by atoms with Crippen LogP contribution in [-0.4, -0.2) is 11.9 Å². The number of rotatable bonds is 22. The quantitative estimate of drug-likeness (QED) is 0.102. The van der Waals surface area contributed by atoms with Gasteiger partial charge >= 0.3 is 0 Å². The fraction of sp³-hybridized carbons (Fsp3) is 0.487. The third kappa shape index (κ3) is 17.4. The Morgan fingerprint density at radius 3 is 1.63 bits per heavy atom. The predicted octanol–water partition coefficient (Wildman–Crippen LogP) is 13.0. The van der Waals surface area contributed by atoms with Crippen LogP contribution in [0.4, 0.5) is 11.4 Å². The molecule has 0 unspecified atom stereocenters. The van der Waals surface area contributed by atoms with Crippen molar-refractivity contribution in [2.24, 2.45) is 9.98 Å². The Morgan fingerprint density at radius 1 is 0.610 bits per heavy atom. The number of aliphatic imine (C=N–C) groups is 2. The summed E-state index contributed by atoms with van der Waals surface area (Å²) in [6, 6.07) is 16.9. The first-order valence-corrected chi connectivity index (χ1v) is 16.5. The molecule has 2 nitrogen and oxygen atoms in total. The summed E-state index contributed by atoms with van der Waals surface area (Å²) in [4.78, 5) is 9.62. The highest BCUT2D eigenvalue weighted by molar-refractivity contribution is 6.36. The van der Waals surface area contributed by atoms with Crippen LogP contribution in [0.1, 0.15) is 135 Å². The third-order valence-electron chi connectivity index (χ3n) is 7.25. The van der Waals surface area contributed by atoms with Gasteiger partial charge in [-0.3, -0.25) is 4.99 Å². The van der Waals surface area contributed by atoms with Crippen molar-refractivity contribution in [1.29, 1.82) is 0 Å². The second-order valence-electron chi connectivity index (χ2n) is 11.1. The first-order chi connectivity index (χ1) is 20.2. The lowest BCUT2D eigenvalue weighted by Crippen LogP contribution is -1.94. The summed E-state index contributed by atoms with van der Waals surface area (Å²) in [7, 11) is 0. The SMILES string of the molecule is CC=CC(C=Nc1cccc(C=CCCCCCCCCC)c1)=Nc1cccc(C=CCCCCCCCCC)c1. The number of allylic oxidation sites excluding steroid dienone is 4. The molecule has 0 aromatic heterocycles. The second-order valence-corrected chi connectivity index (χ2v) is 11.1. The number of unbranched alkanes of at least 4 members (excludes halogenated alkanes) is 14. The minimum atomic E-state index is 0.844. The van der Waals surface area contributed by atoms with Gasteiger partial charge in [-0.1, -0.05) is 146 Å². The van der Waals surface area contributed by atoms with E-state index in [0.29, 0.717) is 0 Å². The Labute approximate surface area is 252 Å². The zero-order valence-electron chi connectivity index (χ0n) is 26.4. The molecule has 0 radical (unpaired) electrons. The molecule has 0 heterocycles. The molecule has 0 amide bonds. The molecule has 0 atom stereocenters. The Hall–Kier alpha value is -3.00. The van der Waals surface area contributed by atoms with Crippen molar-refractivity contribution in [3.8, 4) is 0 Å². The minimum absolute atomic E-state index is 0.844. The van der Waals surface area contributed by atoms with Gasteiger partial charge in [-0.05, 0) is 74.1 Å². The fourth-order valence-electron chi connectivity index (χ4n) is 4.85. The zero-order chi connectivity index (χ0) is 29.2. The molecule has 0 bridgehead atoms. The van der Waals surface area contributed by atoms with Crippen molar-refractivity contribution in [2.75, 3.05) is 0 Å². The number of nitrogens with zero attached hydrogens (tertiary/aromatic N) is 2. The number of hydrogen-bond acceptors (Lipinski definition) is 2. The van der Waals surface area contributed by atoms with Gasteiger partial charge in [0.05, 0.1) is 23.3 Å². The van der Waals surface area contributed by atoms with E-state index in [0.717, 1.165) is 29.9 Å². The van der Waals surface area contributed by atoms with Gasteiger partial charge < -0.3 is 0 Å². The van der Waals surface area contributed by atoms with Gasteiger partial charge in [0.1, 0.15) is 0 Å². The summed E-state index contributed by atoms with van der Waals surface area (Å²) in [5.74, 6) is 0. The van der Waals surface area contributed by atoms with E-state index in [2.05, 4.69) is 80.6 Å². The molecule has 0 aliphatic carbocycles. The van der Waals surface area contributed by atoms with Crippen LogP contribution in [0.5, 0.6) is 0 Å². The topological polar surface area (TPSA) is 24.7 Å². The minimum Gasteiger partial charge on any atom is -0.255 e. The molecular formula is C39H56N2. The summed E-state index contributed by atoms with van der Waals surface area (Å²) in [5.41, 5.74) is 5.13. The smallest absolute Gasteiger partial charge is 0.0816 e. The Bertz CT molecular complexity index is 1090. The van der Waals surface area contributed by atoms with Crippen LogP contribution >= 0.6 is 0 Å². The van der Waals surface area contributed by atoms with E-state index >= 15 is 0 Å². The monoisotopic (exact) mass is 552 g/mol. The van der Waals surface area contributed by atoms with E-state index < -0.39 is 0 Å². The van der Waals surface area contributed by atoms with E-state index in [9.17, 15) is 0 Å². The normalized spacial score (nSPS) is 12.6. The van der Waals surface area contributed by atoms with Gasteiger partial charge in [-0.25, -0.2) is 4.99 Å². The third-order valence-corrected chi connectivity index (χ3v) is 7.25.